The number of rotatable bonds is 5. The van der Waals surface area contributed by atoms with Gasteiger partial charge in [-0.25, -0.2) is 0 Å². The average molecular weight is 318 g/mol. The van der Waals surface area contributed by atoms with Gasteiger partial charge in [-0.3, -0.25) is 9.69 Å². The minimum atomic E-state index is 0.0602. The third-order valence-electron chi connectivity index (χ3n) is 4.07. The Morgan fingerprint density at radius 3 is 2.39 bits per heavy atom. The minimum Gasteiger partial charge on any atom is -0.494 e. The van der Waals surface area contributed by atoms with Gasteiger partial charge in [0.2, 0.25) is 5.91 Å². The van der Waals surface area contributed by atoms with Gasteiger partial charge in [-0.05, 0) is 18.4 Å². The summed E-state index contributed by atoms with van der Waals surface area (Å²) in [6.45, 7) is 13.4. The van der Waals surface area contributed by atoms with E-state index in [2.05, 4.69) is 37.8 Å². The average Bonchev–Trinajstić information content (AvgIpc) is 2.48. The van der Waals surface area contributed by atoms with Crippen LogP contribution >= 0.6 is 0 Å². The number of hydrogen-bond donors (Lipinski definition) is 0. The van der Waals surface area contributed by atoms with Crippen molar-refractivity contribution in [2.45, 2.75) is 40.7 Å². The van der Waals surface area contributed by atoms with Crippen LogP contribution in [0.3, 0.4) is 0 Å². The zero-order valence-electron chi connectivity index (χ0n) is 15.0. The van der Waals surface area contributed by atoms with Crippen LogP contribution in [-0.2, 0) is 11.3 Å². The van der Waals surface area contributed by atoms with Gasteiger partial charge in [-0.1, -0.05) is 39.0 Å². The Morgan fingerprint density at radius 2 is 1.78 bits per heavy atom. The van der Waals surface area contributed by atoms with Gasteiger partial charge in [0.1, 0.15) is 5.75 Å². The van der Waals surface area contributed by atoms with E-state index in [1.54, 1.807) is 0 Å². The molecule has 1 aliphatic heterocycles. The SMILES string of the molecule is CCOc1ccccc1CN1CCN(C(=O)CC(C)(C)C)CC1. The van der Waals surface area contributed by atoms with E-state index in [-0.39, 0.29) is 11.3 Å². The third-order valence-corrected chi connectivity index (χ3v) is 4.07. The molecule has 0 spiro atoms. The molecular formula is C19H30N2O2. The Bertz CT molecular complexity index is 514. The largest absolute Gasteiger partial charge is 0.494 e. The fourth-order valence-corrected chi connectivity index (χ4v) is 2.89. The standard InChI is InChI=1S/C19H30N2O2/c1-5-23-17-9-7-6-8-16(17)15-20-10-12-21(13-11-20)18(22)14-19(2,3)4/h6-9H,5,10-15H2,1-4H3. The lowest BCUT2D eigenvalue weighted by Crippen LogP contribution is -2.48. The molecule has 1 heterocycles. The molecule has 4 heteroatoms. The molecule has 0 N–H and O–H groups in total. The molecule has 0 saturated carbocycles. The highest BCUT2D eigenvalue weighted by atomic mass is 16.5. The summed E-state index contributed by atoms with van der Waals surface area (Å²) in [6, 6.07) is 8.22. The lowest BCUT2D eigenvalue weighted by Gasteiger charge is -2.36. The predicted molar refractivity (Wildman–Crippen MR) is 93.5 cm³/mol. The molecule has 0 atom stereocenters. The van der Waals surface area contributed by atoms with Crippen LogP contribution in [0.5, 0.6) is 5.75 Å². The molecule has 1 fully saturated rings. The Morgan fingerprint density at radius 1 is 1.13 bits per heavy atom. The second-order valence-corrected chi connectivity index (χ2v) is 7.44. The van der Waals surface area contributed by atoms with E-state index in [0.717, 1.165) is 38.5 Å². The summed E-state index contributed by atoms with van der Waals surface area (Å²) in [4.78, 5) is 16.7. The van der Waals surface area contributed by atoms with Crippen molar-refractivity contribution in [3.05, 3.63) is 29.8 Å². The molecule has 0 unspecified atom stereocenters. The number of carbonyl (C=O) groups is 1. The number of piperazine rings is 1. The number of ether oxygens (including phenoxy) is 1. The van der Waals surface area contributed by atoms with Gasteiger partial charge in [0.15, 0.2) is 0 Å². The smallest absolute Gasteiger partial charge is 0.223 e. The van der Waals surface area contributed by atoms with E-state index in [1.807, 2.05) is 24.0 Å². The molecule has 1 amide bonds. The van der Waals surface area contributed by atoms with Crippen LogP contribution < -0.4 is 4.74 Å². The van der Waals surface area contributed by atoms with Crippen molar-refractivity contribution < 1.29 is 9.53 Å². The molecule has 1 aromatic carbocycles. The van der Waals surface area contributed by atoms with E-state index in [1.165, 1.54) is 5.56 Å². The molecule has 1 aliphatic rings. The van der Waals surface area contributed by atoms with E-state index < -0.39 is 0 Å². The molecule has 0 aliphatic carbocycles. The summed E-state index contributed by atoms with van der Waals surface area (Å²) in [5.41, 5.74) is 1.29. The van der Waals surface area contributed by atoms with Gasteiger partial charge in [0, 0.05) is 44.7 Å². The number of hydrogen-bond acceptors (Lipinski definition) is 3. The monoisotopic (exact) mass is 318 g/mol. The van der Waals surface area contributed by atoms with Crippen LogP contribution in [0.1, 0.15) is 39.7 Å². The van der Waals surface area contributed by atoms with E-state index in [4.69, 9.17) is 4.74 Å². The predicted octanol–water partition coefficient (Wildman–Crippen LogP) is 3.17. The first-order valence-electron chi connectivity index (χ1n) is 8.60. The Balaban J connectivity index is 1.87. The van der Waals surface area contributed by atoms with Crippen LogP contribution in [0.25, 0.3) is 0 Å². The summed E-state index contributed by atoms with van der Waals surface area (Å²) < 4.78 is 5.70. The highest BCUT2D eigenvalue weighted by molar-refractivity contribution is 5.76. The zero-order valence-corrected chi connectivity index (χ0v) is 15.0. The Kier molecular flexibility index (Phi) is 6.05. The van der Waals surface area contributed by atoms with Gasteiger partial charge in [0.05, 0.1) is 6.61 Å². The van der Waals surface area contributed by atoms with Crippen molar-refractivity contribution in [2.24, 2.45) is 5.41 Å². The van der Waals surface area contributed by atoms with Crippen LogP contribution in [0.2, 0.25) is 0 Å². The molecule has 23 heavy (non-hydrogen) atoms. The molecule has 2 rings (SSSR count). The van der Waals surface area contributed by atoms with Crippen molar-refractivity contribution in [3.63, 3.8) is 0 Å². The molecule has 0 aromatic heterocycles. The fourth-order valence-electron chi connectivity index (χ4n) is 2.89. The zero-order chi connectivity index (χ0) is 16.9. The molecular weight excluding hydrogens is 288 g/mol. The lowest BCUT2D eigenvalue weighted by molar-refractivity contribution is -0.134. The van der Waals surface area contributed by atoms with Gasteiger partial charge >= 0.3 is 0 Å². The molecule has 4 nitrogen and oxygen atoms in total. The van der Waals surface area contributed by atoms with Crippen LogP contribution in [0.15, 0.2) is 24.3 Å². The van der Waals surface area contributed by atoms with Crippen molar-refractivity contribution in [3.8, 4) is 5.75 Å². The molecule has 0 radical (unpaired) electrons. The van der Waals surface area contributed by atoms with Crippen molar-refractivity contribution >= 4 is 5.91 Å². The van der Waals surface area contributed by atoms with Gasteiger partial charge in [0.25, 0.3) is 0 Å². The maximum atomic E-state index is 12.3. The minimum absolute atomic E-state index is 0.0602. The lowest BCUT2D eigenvalue weighted by atomic mass is 9.91. The molecule has 0 bridgehead atoms. The first-order chi connectivity index (χ1) is 10.9. The summed E-state index contributed by atoms with van der Waals surface area (Å²) in [5, 5.41) is 0. The molecule has 128 valence electrons. The van der Waals surface area contributed by atoms with E-state index in [9.17, 15) is 4.79 Å². The maximum absolute atomic E-state index is 12.3. The van der Waals surface area contributed by atoms with Crippen molar-refractivity contribution in [1.82, 2.24) is 9.80 Å². The second-order valence-electron chi connectivity index (χ2n) is 7.44. The van der Waals surface area contributed by atoms with E-state index in [0.29, 0.717) is 13.0 Å². The Hall–Kier alpha value is -1.55. The van der Waals surface area contributed by atoms with Gasteiger partial charge < -0.3 is 9.64 Å². The van der Waals surface area contributed by atoms with Crippen LogP contribution in [0, 0.1) is 5.41 Å². The van der Waals surface area contributed by atoms with E-state index >= 15 is 0 Å². The molecule has 1 saturated heterocycles. The quantitative estimate of drug-likeness (QED) is 0.836. The third kappa shape index (κ3) is 5.54. The summed E-state index contributed by atoms with van der Waals surface area (Å²) in [6.07, 6.45) is 0.625. The summed E-state index contributed by atoms with van der Waals surface area (Å²) >= 11 is 0. The maximum Gasteiger partial charge on any atom is 0.223 e. The first kappa shape index (κ1) is 17.8. The number of amides is 1. The van der Waals surface area contributed by atoms with Gasteiger partial charge in [-0.15, -0.1) is 0 Å². The summed E-state index contributed by atoms with van der Waals surface area (Å²) in [7, 11) is 0. The van der Waals surface area contributed by atoms with Crippen molar-refractivity contribution in [2.75, 3.05) is 32.8 Å². The topological polar surface area (TPSA) is 32.8 Å². The van der Waals surface area contributed by atoms with Crippen molar-refractivity contribution in [1.29, 1.82) is 0 Å². The number of carbonyl (C=O) groups excluding carboxylic acids is 1. The van der Waals surface area contributed by atoms with Crippen LogP contribution in [-0.4, -0.2) is 48.5 Å². The first-order valence-corrected chi connectivity index (χ1v) is 8.60. The second kappa shape index (κ2) is 7.82. The number of nitrogens with zero attached hydrogens (tertiary/aromatic N) is 2. The Labute approximate surface area is 140 Å². The molecule has 1 aromatic rings. The summed E-state index contributed by atoms with van der Waals surface area (Å²) in [5.74, 6) is 1.26. The van der Waals surface area contributed by atoms with Gasteiger partial charge in [-0.2, -0.15) is 0 Å². The van der Waals surface area contributed by atoms with Crippen LogP contribution in [0.4, 0.5) is 0 Å². The fraction of sp³-hybridized carbons (Fsp3) is 0.632. The number of benzene rings is 1. The highest BCUT2D eigenvalue weighted by Crippen LogP contribution is 2.22. The normalized spacial score (nSPS) is 16.4. The highest BCUT2D eigenvalue weighted by Gasteiger charge is 2.25. The number of para-hydroxylation sites is 1.